The van der Waals surface area contributed by atoms with Gasteiger partial charge in [0.05, 0.1) is 6.54 Å². The van der Waals surface area contributed by atoms with Gasteiger partial charge in [-0.15, -0.1) is 0 Å². The summed E-state index contributed by atoms with van der Waals surface area (Å²) in [5.74, 6) is -0.111. The lowest BCUT2D eigenvalue weighted by molar-refractivity contribution is -0.118. The smallest absolute Gasteiger partial charge is 0.387 e. The summed E-state index contributed by atoms with van der Waals surface area (Å²) in [7, 11) is 0. The minimum Gasteiger partial charge on any atom is -0.435 e. The van der Waals surface area contributed by atoms with Crippen LogP contribution < -0.4 is 15.4 Å². The number of anilines is 1. The van der Waals surface area contributed by atoms with Crippen molar-refractivity contribution in [1.29, 1.82) is 0 Å². The molecule has 1 unspecified atom stereocenters. The SMILES string of the molecule is O=C(CN1CCNCC1c1cccnc1)Nc1ccc(OC(F)F)cc1. The Labute approximate surface area is 150 Å². The highest BCUT2D eigenvalue weighted by Gasteiger charge is 2.25. The zero-order chi connectivity index (χ0) is 18.4. The number of alkyl halides is 2. The van der Waals surface area contributed by atoms with Crippen LogP contribution in [0.3, 0.4) is 0 Å². The summed E-state index contributed by atoms with van der Waals surface area (Å²) in [4.78, 5) is 18.6. The second-order valence-corrected chi connectivity index (χ2v) is 5.93. The molecule has 1 aromatic carbocycles. The quantitative estimate of drug-likeness (QED) is 0.825. The maximum atomic E-state index is 12.4. The van der Waals surface area contributed by atoms with E-state index in [0.717, 1.165) is 25.2 Å². The van der Waals surface area contributed by atoms with E-state index in [1.54, 1.807) is 6.20 Å². The minimum absolute atomic E-state index is 0.0525. The fraction of sp³-hybridized carbons (Fsp3) is 0.333. The Morgan fingerprint density at radius 1 is 1.35 bits per heavy atom. The molecule has 8 heteroatoms. The van der Waals surface area contributed by atoms with E-state index in [1.165, 1.54) is 24.3 Å². The van der Waals surface area contributed by atoms with Gasteiger partial charge >= 0.3 is 6.61 Å². The molecule has 1 aliphatic heterocycles. The molecule has 26 heavy (non-hydrogen) atoms. The highest BCUT2D eigenvalue weighted by molar-refractivity contribution is 5.92. The third-order valence-electron chi connectivity index (χ3n) is 4.13. The Morgan fingerprint density at radius 2 is 2.15 bits per heavy atom. The van der Waals surface area contributed by atoms with Gasteiger partial charge < -0.3 is 15.4 Å². The summed E-state index contributed by atoms with van der Waals surface area (Å²) in [5, 5.41) is 6.11. The van der Waals surface area contributed by atoms with Crippen molar-refractivity contribution >= 4 is 11.6 Å². The third kappa shape index (κ3) is 4.96. The number of aromatic nitrogens is 1. The molecule has 1 saturated heterocycles. The van der Waals surface area contributed by atoms with Crippen molar-refractivity contribution in [1.82, 2.24) is 15.2 Å². The zero-order valence-electron chi connectivity index (χ0n) is 14.1. The first-order valence-electron chi connectivity index (χ1n) is 8.31. The Morgan fingerprint density at radius 3 is 2.85 bits per heavy atom. The first-order valence-corrected chi connectivity index (χ1v) is 8.31. The van der Waals surface area contributed by atoms with Gasteiger partial charge in [0.25, 0.3) is 0 Å². The van der Waals surface area contributed by atoms with Crippen LogP contribution in [0.1, 0.15) is 11.6 Å². The predicted octanol–water partition coefficient (Wildman–Crippen LogP) is 2.27. The van der Waals surface area contributed by atoms with Crippen molar-refractivity contribution in [2.24, 2.45) is 0 Å². The molecule has 0 spiro atoms. The van der Waals surface area contributed by atoms with Crippen LogP contribution in [-0.2, 0) is 4.79 Å². The number of nitrogens with one attached hydrogen (secondary N) is 2. The number of rotatable bonds is 6. The summed E-state index contributed by atoms with van der Waals surface area (Å²) in [6, 6.07) is 9.81. The zero-order valence-corrected chi connectivity index (χ0v) is 14.1. The van der Waals surface area contributed by atoms with E-state index >= 15 is 0 Å². The van der Waals surface area contributed by atoms with Gasteiger partial charge in [0.15, 0.2) is 0 Å². The number of benzene rings is 1. The summed E-state index contributed by atoms with van der Waals surface area (Å²) in [6.07, 6.45) is 3.53. The summed E-state index contributed by atoms with van der Waals surface area (Å²) in [5.41, 5.74) is 1.59. The van der Waals surface area contributed by atoms with Gasteiger partial charge in [-0.2, -0.15) is 8.78 Å². The number of carbonyl (C=O) groups excluding carboxylic acids is 1. The second kappa shape index (κ2) is 8.68. The maximum absolute atomic E-state index is 12.4. The maximum Gasteiger partial charge on any atom is 0.387 e. The molecule has 138 valence electrons. The van der Waals surface area contributed by atoms with E-state index in [1.807, 2.05) is 18.3 Å². The molecular weight excluding hydrogens is 342 g/mol. The van der Waals surface area contributed by atoms with Crippen molar-refractivity contribution in [3.63, 3.8) is 0 Å². The van der Waals surface area contributed by atoms with Gasteiger partial charge in [-0.05, 0) is 35.9 Å². The Hall–Kier alpha value is -2.58. The molecule has 2 aromatic rings. The monoisotopic (exact) mass is 362 g/mol. The number of halogens is 2. The molecule has 2 N–H and O–H groups in total. The molecule has 0 saturated carbocycles. The van der Waals surface area contributed by atoms with Crippen molar-refractivity contribution in [3.05, 3.63) is 54.4 Å². The average Bonchev–Trinajstić information content (AvgIpc) is 2.64. The van der Waals surface area contributed by atoms with Crippen LogP contribution >= 0.6 is 0 Å². The number of pyridine rings is 1. The third-order valence-corrected chi connectivity index (χ3v) is 4.13. The van der Waals surface area contributed by atoms with Gasteiger partial charge in [-0.25, -0.2) is 0 Å². The molecule has 2 heterocycles. The summed E-state index contributed by atoms with van der Waals surface area (Å²) in [6.45, 7) is -0.333. The van der Waals surface area contributed by atoms with E-state index < -0.39 is 6.61 Å². The van der Waals surface area contributed by atoms with Crippen LogP contribution in [0, 0.1) is 0 Å². The number of nitrogens with zero attached hydrogens (tertiary/aromatic N) is 2. The van der Waals surface area contributed by atoms with Gasteiger partial charge in [0.2, 0.25) is 5.91 Å². The van der Waals surface area contributed by atoms with Crippen LogP contribution in [0.5, 0.6) is 5.75 Å². The van der Waals surface area contributed by atoms with Crippen LogP contribution in [0.4, 0.5) is 14.5 Å². The number of amides is 1. The molecule has 1 amide bonds. The molecule has 1 atom stereocenters. The normalized spacial score (nSPS) is 17.9. The van der Waals surface area contributed by atoms with Crippen LogP contribution in [0.25, 0.3) is 0 Å². The van der Waals surface area contributed by atoms with Crippen LogP contribution in [-0.4, -0.2) is 48.6 Å². The molecule has 1 fully saturated rings. The van der Waals surface area contributed by atoms with Crippen molar-refractivity contribution in [3.8, 4) is 5.75 Å². The molecule has 0 aliphatic carbocycles. The molecule has 3 rings (SSSR count). The van der Waals surface area contributed by atoms with Crippen molar-refractivity contribution in [2.75, 3.05) is 31.5 Å². The Bertz CT molecular complexity index is 713. The Balaban J connectivity index is 1.59. The topological polar surface area (TPSA) is 66.5 Å². The fourth-order valence-electron chi connectivity index (χ4n) is 2.94. The number of hydrogen-bond donors (Lipinski definition) is 2. The van der Waals surface area contributed by atoms with E-state index in [4.69, 9.17) is 0 Å². The van der Waals surface area contributed by atoms with E-state index in [9.17, 15) is 13.6 Å². The highest BCUT2D eigenvalue weighted by atomic mass is 19.3. The van der Waals surface area contributed by atoms with Gasteiger partial charge in [0.1, 0.15) is 5.75 Å². The van der Waals surface area contributed by atoms with E-state index in [0.29, 0.717) is 5.69 Å². The average molecular weight is 362 g/mol. The molecular formula is C18H20F2N4O2. The van der Waals surface area contributed by atoms with Gasteiger partial charge in [0, 0.05) is 43.8 Å². The minimum atomic E-state index is -2.87. The lowest BCUT2D eigenvalue weighted by Gasteiger charge is -2.35. The lowest BCUT2D eigenvalue weighted by atomic mass is 10.1. The first kappa shape index (κ1) is 18.2. The van der Waals surface area contributed by atoms with E-state index in [2.05, 4.69) is 25.3 Å². The molecule has 0 bridgehead atoms. The lowest BCUT2D eigenvalue weighted by Crippen LogP contribution is -2.48. The molecule has 6 nitrogen and oxygen atoms in total. The summed E-state index contributed by atoms with van der Waals surface area (Å²) >= 11 is 0. The largest absolute Gasteiger partial charge is 0.435 e. The van der Waals surface area contributed by atoms with Crippen molar-refractivity contribution < 1.29 is 18.3 Å². The van der Waals surface area contributed by atoms with E-state index in [-0.39, 0.29) is 24.2 Å². The molecule has 1 aromatic heterocycles. The van der Waals surface area contributed by atoms with Crippen molar-refractivity contribution in [2.45, 2.75) is 12.7 Å². The summed E-state index contributed by atoms with van der Waals surface area (Å²) < 4.78 is 28.6. The number of carbonyl (C=O) groups is 1. The second-order valence-electron chi connectivity index (χ2n) is 5.93. The predicted molar refractivity (Wildman–Crippen MR) is 93.1 cm³/mol. The van der Waals surface area contributed by atoms with Crippen LogP contribution in [0.15, 0.2) is 48.8 Å². The standard InChI is InChI=1S/C18H20F2N4O2/c19-18(20)26-15-5-3-14(4-6-15)23-17(25)12-24-9-8-22-11-16(24)13-2-1-7-21-10-13/h1-7,10,16,18,22H,8-9,11-12H2,(H,23,25). The first-order chi connectivity index (χ1) is 12.6. The number of hydrogen-bond acceptors (Lipinski definition) is 5. The molecule has 0 radical (unpaired) electrons. The van der Waals surface area contributed by atoms with Crippen LogP contribution in [0.2, 0.25) is 0 Å². The van der Waals surface area contributed by atoms with Gasteiger partial charge in [-0.3, -0.25) is 14.7 Å². The Kier molecular flexibility index (Phi) is 6.08. The van der Waals surface area contributed by atoms with Gasteiger partial charge in [-0.1, -0.05) is 6.07 Å². The number of ether oxygens (including phenoxy) is 1. The number of piperazine rings is 1. The fourth-order valence-corrected chi connectivity index (χ4v) is 2.94. The molecule has 1 aliphatic rings. The highest BCUT2D eigenvalue weighted by Crippen LogP contribution is 2.22.